The summed E-state index contributed by atoms with van der Waals surface area (Å²) in [5, 5.41) is 13.6. The van der Waals surface area contributed by atoms with E-state index in [1.807, 2.05) is 54.6 Å². The van der Waals surface area contributed by atoms with Crippen LogP contribution in [0.4, 0.5) is 0 Å². The van der Waals surface area contributed by atoms with E-state index >= 15 is 0 Å². The quantitative estimate of drug-likeness (QED) is 0.592. The van der Waals surface area contributed by atoms with Crippen molar-refractivity contribution in [3.8, 4) is 23.1 Å². The van der Waals surface area contributed by atoms with Gasteiger partial charge in [0.05, 0.1) is 19.3 Å². The molecule has 148 valence electrons. The minimum Gasteiger partial charge on any atom is -0.489 e. The van der Waals surface area contributed by atoms with Gasteiger partial charge in [0.25, 0.3) is 0 Å². The monoisotopic (exact) mass is 390 g/mol. The van der Waals surface area contributed by atoms with Crippen LogP contribution in [0.5, 0.6) is 5.75 Å². The van der Waals surface area contributed by atoms with Crippen LogP contribution < -0.4 is 4.74 Å². The highest BCUT2D eigenvalue weighted by Crippen LogP contribution is 2.28. The lowest BCUT2D eigenvalue weighted by atomic mass is 10.1. The molecule has 4 rings (SSSR count). The molecule has 6 heteroatoms. The molecule has 1 saturated heterocycles. The number of hydrogen-bond donors (Lipinski definition) is 0. The highest BCUT2D eigenvalue weighted by Gasteiger charge is 2.20. The van der Waals surface area contributed by atoms with Crippen LogP contribution in [0.15, 0.2) is 59.1 Å². The number of hydrogen-bond acceptors (Lipinski definition) is 6. The number of nitrogens with zero attached hydrogens (tertiary/aromatic N) is 2. The summed E-state index contributed by atoms with van der Waals surface area (Å²) in [6.45, 7) is 2.09. The molecule has 1 aliphatic heterocycles. The van der Waals surface area contributed by atoms with E-state index in [-0.39, 0.29) is 12.7 Å². The summed E-state index contributed by atoms with van der Waals surface area (Å²) in [4.78, 5) is 0. The summed E-state index contributed by atoms with van der Waals surface area (Å²) in [6.07, 6.45) is 1.98. The third-order valence-electron chi connectivity index (χ3n) is 4.81. The van der Waals surface area contributed by atoms with Crippen LogP contribution in [-0.2, 0) is 22.7 Å². The molecular weight excluding hydrogens is 368 g/mol. The van der Waals surface area contributed by atoms with Crippen LogP contribution in [-0.4, -0.2) is 24.5 Å². The molecule has 0 saturated carbocycles. The molecule has 1 unspecified atom stereocenters. The zero-order valence-electron chi connectivity index (χ0n) is 16.0. The molecule has 0 aliphatic carbocycles. The molecule has 29 heavy (non-hydrogen) atoms. The highest BCUT2D eigenvalue weighted by atomic mass is 16.5. The molecule has 3 aromatic rings. The Hall–Kier alpha value is -3.14. The maximum Gasteiger partial charge on any atom is 0.184 e. The van der Waals surface area contributed by atoms with E-state index in [4.69, 9.17) is 18.7 Å². The second kappa shape index (κ2) is 9.37. The van der Waals surface area contributed by atoms with Gasteiger partial charge in [-0.3, -0.25) is 0 Å². The SMILES string of the molecule is N#Cc1c(COC2CCCOC2)noc1-c1ccc(OCc2ccccc2)cc1. The van der Waals surface area contributed by atoms with Crippen molar-refractivity contribution in [1.29, 1.82) is 5.26 Å². The van der Waals surface area contributed by atoms with Crippen molar-refractivity contribution in [3.63, 3.8) is 0 Å². The summed E-state index contributed by atoms with van der Waals surface area (Å²) in [5.74, 6) is 1.19. The van der Waals surface area contributed by atoms with Crippen molar-refractivity contribution in [2.45, 2.75) is 32.2 Å². The first kappa shape index (κ1) is 19.2. The molecule has 0 N–H and O–H groups in total. The van der Waals surface area contributed by atoms with Crippen LogP contribution in [0.25, 0.3) is 11.3 Å². The highest BCUT2D eigenvalue weighted by molar-refractivity contribution is 5.66. The summed E-state index contributed by atoms with van der Waals surface area (Å²) < 4.78 is 22.5. The number of benzene rings is 2. The molecule has 0 radical (unpaired) electrons. The Labute approximate surface area is 169 Å². The molecular formula is C23H22N2O4. The number of rotatable bonds is 7. The molecule has 0 spiro atoms. The molecule has 2 heterocycles. The molecule has 6 nitrogen and oxygen atoms in total. The largest absolute Gasteiger partial charge is 0.489 e. The Bertz CT molecular complexity index is 955. The van der Waals surface area contributed by atoms with Crippen molar-refractivity contribution >= 4 is 0 Å². The maximum absolute atomic E-state index is 9.60. The van der Waals surface area contributed by atoms with Crippen LogP contribution in [0.3, 0.4) is 0 Å². The van der Waals surface area contributed by atoms with Crippen molar-refractivity contribution in [2.24, 2.45) is 0 Å². The van der Waals surface area contributed by atoms with E-state index in [0.717, 1.165) is 36.3 Å². The lowest BCUT2D eigenvalue weighted by Crippen LogP contribution is -2.25. The zero-order chi connectivity index (χ0) is 19.9. The summed E-state index contributed by atoms with van der Waals surface area (Å²) in [7, 11) is 0. The van der Waals surface area contributed by atoms with E-state index in [2.05, 4.69) is 11.2 Å². The Kier molecular flexibility index (Phi) is 6.20. The van der Waals surface area contributed by atoms with Crippen LogP contribution >= 0.6 is 0 Å². The molecule has 0 amide bonds. The first-order valence-electron chi connectivity index (χ1n) is 9.68. The Balaban J connectivity index is 1.41. The topological polar surface area (TPSA) is 77.5 Å². The minimum absolute atomic E-state index is 0.0384. The van der Waals surface area contributed by atoms with Crippen LogP contribution in [0.2, 0.25) is 0 Å². The predicted molar refractivity (Wildman–Crippen MR) is 106 cm³/mol. The minimum atomic E-state index is 0.0384. The van der Waals surface area contributed by atoms with Gasteiger partial charge in [-0.05, 0) is 42.7 Å². The second-order valence-electron chi connectivity index (χ2n) is 6.89. The van der Waals surface area contributed by atoms with Gasteiger partial charge in [-0.1, -0.05) is 35.5 Å². The normalized spacial score (nSPS) is 16.3. The van der Waals surface area contributed by atoms with Gasteiger partial charge in [-0.15, -0.1) is 0 Å². The Morgan fingerprint density at radius 2 is 1.90 bits per heavy atom. The fourth-order valence-corrected chi connectivity index (χ4v) is 3.22. The van der Waals surface area contributed by atoms with Gasteiger partial charge >= 0.3 is 0 Å². The number of aromatic nitrogens is 1. The third-order valence-corrected chi connectivity index (χ3v) is 4.81. The van der Waals surface area contributed by atoms with Crippen molar-refractivity contribution in [2.75, 3.05) is 13.2 Å². The molecule has 1 atom stereocenters. The van der Waals surface area contributed by atoms with E-state index in [1.54, 1.807) is 0 Å². The zero-order valence-corrected chi connectivity index (χ0v) is 16.0. The van der Waals surface area contributed by atoms with E-state index < -0.39 is 0 Å². The first-order chi connectivity index (χ1) is 14.3. The molecule has 1 aromatic heterocycles. The predicted octanol–water partition coefficient (Wildman–Crippen LogP) is 4.49. The molecule has 0 bridgehead atoms. The van der Waals surface area contributed by atoms with Crippen molar-refractivity contribution in [1.82, 2.24) is 5.16 Å². The smallest absolute Gasteiger partial charge is 0.184 e. The molecule has 1 aliphatic rings. The van der Waals surface area contributed by atoms with Gasteiger partial charge < -0.3 is 18.7 Å². The van der Waals surface area contributed by atoms with E-state index in [1.165, 1.54) is 0 Å². The van der Waals surface area contributed by atoms with E-state index in [9.17, 15) is 5.26 Å². The molecule has 1 fully saturated rings. The van der Waals surface area contributed by atoms with Gasteiger partial charge in [-0.2, -0.15) is 5.26 Å². The van der Waals surface area contributed by atoms with Gasteiger partial charge in [-0.25, -0.2) is 0 Å². The fraction of sp³-hybridized carbons (Fsp3) is 0.304. The lowest BCUT2D eigenvalue weighted by molar-refractivity contribution is -0.0581. The third kappa shape index (κ3) is 4.83. The van der Waals surface area contributed by atoms with Crippen molar-refractivity contribution in [3.05, 3.63) is 71.4 Å². The average molecular weight is 390 g/mol. The second-order valence-corrected chi connectivity index (χ2v) is 6.89. The van der Waals surface area contributed by atoms with Crippen LogP contribution in [0.1, 0.15) is 29.7 Å². The standard InChI is InChI=1S/C23H22N2O4/c24-13-21-22(16-28-20-7-4-12-26-15-20)25-29-23(21)18-8-10-19(11-9-18)27-14-17-5-2-1-3-6-17/h1-3,5-6,8-11,20H,4,7,12,14-16H2. The fourth-order valence-electron chi connectivity index (χ4n) is 3.22. The maximum atomic E-state index is 9.60. The Morgan fingerprint density at radius 3 is 2.62 bits per heavy atom. The first-order valence-corrected chi connectivity index (χ1v) is 9.68. The number of ether oxygens (including phenoxy) is 3. The lowest BCUT2D eigenvalue weighted by Gasteiger charge is -2.21. The van der Waals surface area contributed by atoms with Gasteiger partial charge in [0.1, 0.15) is 29.7 Å². The molecule has 2 aromatic carbocycles. The summed E-state index contributed by atoms with van der Waals surface area (Å²) >= 11 is 0. The number of nitriles is 1. The van der Waals surface area contributed by atoms with Crippen LogP contribution in [0, 0.1) is 11.3 Å². The van der Waals surface area contributed by atoms with E-state index in [0.29, 0.717) is 30.2 Å². The summed E-state index contributed by atoms with van der Waals surface area (Å²) in [6, 6.07) is 19.6. The van der Waals surface area contributed by atoms with Crippen molar-refractivity contribution < 1.29 is 18.7 Å². The average Bonchev–Trinajstić information content (AvgIpc) is 3.21. The Morgan fingerprint density at radius 1 is 1.07 bits per heavy atom. The van der Waals surface area contributed by atoms with Gasteiger partial charge in [0.2, 0.25) is 0 Å². The van der Waals surface area contributed by atoms with Gasteiger partial charge in [0, 0.05) is 12.2 Å². The summed E-state index contributed by atoms with van der Waals surface area (Å²) in [5.41, 5.74) is 2.79. The van der Waals surface area contributed by atoms with Gasteiger partial charge in [0.15, 0.2) is 5.76 Å².